The van der Waals surface area contributed by atoms with Crippen molar-refractivity contribution >= 4 is 11.7 Å². The molecule has 0 bridgehead atoms. The smallest absolute Gasteiger partial charge is 0.251 e. The van der Waals surface area contributed by atoms with Crippen LogP contribution in [0, 0.1) is 6.92 Å². The molecular formula is C17H18N2O3. The van der Waals surface area contributed by atoms with Crippen LogP contribution in [0.5, 0.6) is 0 Å². The van der Waals surface area contributed by atoms with Crippen molar-refractivity contribution in [2.45, 2.75) is 26.0 Å². The fourth-order valence-corrected chi connectivity index (χ4v) is 2.44. The molecule has 0 aromatic heterocycles. The second-order valence-corrected chi connectivity index (χ2v) is 5.47. The van der Waals surface area contributed by atoms with Crippen molar-refractivity contribution in [2.75, 3.05) is 6.54 Å². The number of aryl methyl sites for hydroxylation is 1. The summed E-state index contributed by atoms with van der Waals surface area (Å²) in [5.41, 5.74) is 2.64. The number of ether oxygens (including phenoxy) is 1. The summed E-state index contributed by atoms with van der Waals surface area (Å²) in [7, 11) is 0. The van der Waals surface area contributed by atoms with Crippen LogP contribution in [0.2, 0.25) is 0 Å². The van der Waals surface area contributed by atoms with E-state index in [1.54, 1.807) is 12.2 Å². The van der Waals surface area contributed by atoms with Crippen LogP contribution in [0.15, 0.2) is 47.9 Å². The maximum Gasteiger partial charge on any atom is 0.251 e. The van der Waals surface area contributed by atoms with Gasteiger partial charge in [0.15, 0.2) is 12.0 Å². The molecule has 1 aromatic rings. The molecule has 0 saturated carbocycles. The predicted octanol–water partition coefficient (Wildman–Crippen LogP) is 1.80. The average Bonchev–Trinajstić information content (AvgIpc) is 2.89. The lowest BCUT2D eigenvalue weighted by molar-refractivity contribution is -0.114. The predicted molar refractivity (Wildman–Crippen MR) is 81.9 cm³/mol. The highest BCUT2D eigenvalue weighted by Crippen LogP contribution is 2.24. The van der Waals surface area contributed by atoms with Gasteiger partial charge in [0.1, 0.15) is 5.76 Å². The van der Waals surface area contributed by atoms with Crippen molar-refractivity contribution < 1.29 is 14.3 Å². The number of carbonyl (C=O) groups is 2. The number of hydrogen-bond acceptors (Lipinski definition) is 4. The summed E-state index contributed by atoms with van der Waals surface area (Å²) in [5.74, 6) is 0.655. The van der Waals surface area contributed by atoms with Crippen LogP contribution in [0.1, 0.15) is 28.8 Å². The van der Waals surface area contributed by atoms with Crippen LogP contribution in [-0.2, 0) is 9.53 Å². The molecular weight excluding hydrogens is 280 g/mol. The summed E-state index contributed by atoms with van der Waals surface area (Å²) >= 11 is 0. The van der Waals surface area contributed by atoms with Gasteiger partial charge >= 0.3 is 0 Å². The zero-order valence-electron chi connectivity index (χ0n) is 12.4. The second kappa shape index (κ2) is 6.05. The summed E-state index contributed by atoms with van der Waals surface area (Å²) < 4.78 is 5.68. The summed E-state index contributed by atoms with van der Waals surface area (Å²) in [4.78, 5) is 23.3. The molecule has 1 aliphatic carbocycles. The molecule has 1 unspecified atom stereocenters. The van der Waals surface area contributed by atoms with E-state index in [2.05, 4.69) is 10.6 Å². The van der Waals surface area contributed by atoms with E-state index in [-0.39, 0.29) is 17.9 Å². The zero-order valence-corrected chi connectivity index (χ0v) is 12.4. The summed E-state index contributed by atoms with van der Waals surface area (Å²) in [6.45, 7) is 2.49. The Kier molecular flexibility index (Phi) is 3.96. The molecule has 1 amide bonds. The Hall–Kier alpha value is -2.56. The second-order valence-electron chi connectivity index (χ2n) is 5.47. The number of ketones is 1. The molecule has 1 aliphatic heterocycles. The van der Waals surface area contributed by atoms with Crippen LogP contribution in [-0.4, -0.2) is 24.5 Å². The molecule has 114 valence electrons. The number of nitrogens with one attached hydrogen (secondary N) is 2. The van der Waals surface area contributed by atoms with Gasteiger partial charge in [-0.2, -0.15) is 0 Å². The Balaban J connectivity index is 1.45. The van der Waals surface area contributed by atoms with Gasteiger partial charge in [0.05, 0.1) is 12.1 Å². The number of hydrogen-bond donors (Lipinski definition) is 2. The number of amides is 1. The number of benzene rings is 1. The minimum Gasteiger partial charge on any atom is -0.472 e. The Bertz CT molecular complexity index is 659. The Morgan fingerprint density at radius 3 is 2.86 bits per heavy atom. The van der Waals surface area contributed by atoms with Crippen LogP contribution in [0.4, 0.5) is 0 Å². The first-order valence-corrected chi connectivity index (χ1v) is 7.34. The van der Waals surface area contributed by atoms with Gasteiger partial charge in [0, 0.05) is 18.5 Å². The maximum atomic E-state index is 12.0. The van der Waals surface area contributed by atoms with E-state index in [0.29, 0.717) is 30.7 Å². The van der Waals surface area contributed by atoms with Crippen molar-refractivity contribution in [1.29, 1.82) is 0 Å². The van der Waals surface area contributed by atoms with E-state index in [4.69, 9.17) is 4.74 Å². The lowest BCUT2D eigenvalue weighted by Crippen LogP contribution is -2.31. The van der Waals surface area contributed by atoms with Gasteiger partial charge in [-0.05, 0) is 31.2 Å². The van der Waals surface area contributed by atoms with Crippen LogP contribution in [0.3, 0.4) is 0 Å². The van der Waals surface area contributed by atoms with Crippen LogP contribution < -0.4 is 10.6 Å². The minimum absolute atomic E-state index is 0.0499. The SMILES string of the molecule is Cc1ccc(C(=O)NCCC2NC3=C(CC(=O)C=C3)O2)cc1. The highest BCUT2D eigenvalue weighted by atomic mass is 16.5. The van der Waals surface area contributed by atoms with Crippen molar-refractivity contribution in [3.63, 3.8) is 0 Å². The molecule has 3 rings (SSSR count). The third-order valence-electron chi connectivity index (χ3n) is 3.68. The Labute approximate surface area is 129 Å². The molecule has 2 N–H and O–H groups in total. The normalized spacial score (nSPS) is 19.5. The molecule has 5 heteroatoms. The molecule has 0 spiro atoms. The van der Waals surface area contributed by atoms with E-state index in [1.807, 2.05) is 31.2 Å². The maximum absolute atomic E-state index is 12.0. The van der Waals surface area contributed by atoms with E-state index in [0.717, 1.165) is 11.3 Å². The van der Waals surface area contributed by atoms with Gasteiger partial charge in [-0.15, -0.1) is 0 Å². The quantitative estimate of drug-likeness (QED) is 0.889. The molecule has 0 fully saturated rings. The molecule has 5 nitrogen and oxygen atoms in total. The van der Waals surface area contributed by atoms with Gasteiger partial charge in [-0.1, -0.05) is 17.7 Å². The monoisotopic (exact) mass is 298 g/mol. The lowest BCUT2D eigenvalue weighted by Gasteiger charge is -2.13. The molecule has 22 heavy (non-hydrogen) atoms. The van der Waals surface area contributed by atoms with Crippen LogP contribution >= 0.6 is 0 Å². The lowest BCUT2D eigenvalue weighted by atomic mass is 10.1. The third kappa shape index (κ3) is 3.19. The minimum atomic E-state index is -0.195. The molecule has 0 saturated heterocycles. The zero-order chi connectivity index (χ0) is 15.5. The summed E-state index contributed by atoms with van der Waals surface area (Å²) in [5, 5.41) is 6.07. The van der Waals surface area contributed by atoms with Crippen LogP contribution in [0.25, 0.3) is 0 Å². The number of carbonyl (C=O) groups excluding carboxylic acids is 2. The Morgan fingerprint density at radius 1 is 1.32 bits per heavy atom. The standard InChI is InChI=1S/C17H18N2O3/c1-11-2-4-12(5-3-11)17(21)18-9-8-16-19-14-7-6-13(20)10-15(14)22-16/h2-7,16,19H,8-10H2,1H3,(H,18,21). The van der Waals surface area contributed by atoms with Crippen molar-refractivity contribution in [2.24, 2.45) is 0 Å². The van der Waals surface area contributed by atoms with E-state index in [9.17, 15) is 9.59 Å². The van der Waals surface area contributed by atoms with E-state index in [1.165, 1.54) is 0 Å². The molecule has 0 radical (unpaired) electrons. The fourth-order valence-electron chi connectivity index (χ4n) is 2.44. The van der Waals surface area contributed by atoms with E-state index < -0.39 is 0 Å². The summed E-state index contributed by atoms with van der Waals surface area (Å²) in [6.07, 6.45) is 4.04. The number of allylic oxidation sites excluding steroid dienone is 3. The average molecular weight is 298 g/mol. The number of rotatable bonds is 4. The first-order chi connectivity index (χ1) is 10.6. The fraction of sp³-hybridized carbons (Fsp3) is 0.294. The van der Waals surface area contributed by atoms with Gasteiger partial charge < -0.3 is 15.4 Å². The molecule has 1 heterocycles. The van der Waals surface area contributed by atoms with Gasteiger partial charge in [0.2, 0.25) is 0 Å². The highest BCUT2D eigenvalue weighted by Gasteiger charge is 2.26. The van der Waals surface area contributed by atoms with Gasteiger partial charge in [-0.3, -0.25) is 9.59 Å². The highest BCUT2D eigenvalue weighted by molar-refractivity contribution is 5.94. The van der Waals surface area contributed by atoms with Crippen molar-refractivity contribution in [1.82, 2.24) is 10.6 Å². The third-order valence-corrected chi connectivity index (χ3v) is 3.68. The topological polar surface area (TPSA) is 67.4 Å². The van der Waals surface area contributed by atoms with Gasteiger partial charge in [-0.25, -0.2) is 0 Å². The first kappa shape index (κ1) is 14.4. The van der Waals surface area contributed by atoms with Gasteiger partial charge in [0.25, 0.3) is 5.91 Å². The largest absolute Gasteiger partial charge is 0.472 e. The molecule has 2 aliphatic rings. The molecule has 1 aromatic carbocycles. The van der Waals surface area contributed by atoms with Crippen molar-refractivity contribution in [3.05, 3.63) is 59.0 Å². The first-order valence-electron chi connectivity index (χ1n) is 7.34. The van der Waals surface area contributed by atoms with Crippen molar-refractivity contribution in [3.8, 4) is 0 Å². The molecule has 1 atom stereocenters. The van der Waals surface area contributed by atoms with E-state index >= 15 is 0 Å². The Morgan fingerprint density at radius 2 is 2.09 bits per heavy atom. The summed E-state index contributed by atoms with van der Waals surface area (Å²) in [6, 6.07) is 7.45.